The first kappa shape index (κ1) is 19.8. The summed E-state index contributed by atoms with van der Waals surface area (Å²) in [5.41, 5.74) is 2.67. The van der Waals surface area contributed by atoms with E-state index in [4.69, 9.17) is 0 Å². The number of aromatic amines is 1. The number of fused-ring (bicyclic) bond motifs is 1. The fourth-order valence-electron chi connectivity index (χ4n) is 5.19. The van der Waals surface area contributed by atoms with Crippen LogP contribution in [0.25, 0.3) is 10.9 Å². The van der Waals surface area contributed by atoms with E-state index in [1.54, 1.807) is 20.3 Å². The van der Waals surface area contributed by atoms with Crippen LogP contribution in [0.3, 0.4) is 0 Å². The Hall–Kier alpha value is -3.16. The van der Waals surface area contributed by atoms with Crippen molar-refractivity contribution in [1.82, 2.24) is 29.8 Å². The third kappa shape index (κ3) is 3.40. The lowest BCUT2D eigenvalue weighted by Gasteiger charge is -2.53. The van der Waals surface area contributed by atoms with Crippen molar-refractivity contribution in [3.8, 4) is 0 Å². The Morgan fingerprint density at radius 1 is 1.19 bits per heavy atom. The predicted molar refractivity (Wildman–Crippen MR) is 117 cm³/mol. The van der Waals surface area contributed by atoms with E-state index in [0.29, 0.717) is 12.1 Å². The van der Waals surface area contributed by atoms with Crippen LogP contribution in [-0.2, 0) is 11.2 Å². The zero-order chi connectivity index (χ0) is 21.6. The van der Waals surface area contributed by atoms with Gasteiger partial charge in [-0.3, -0.25) is 9.59 Å². The van der Waals surface area contributed by atoms with Crippen LogP contribution in [0.4, 0.5) is 0 Å². The summed E-state index contributed by atoms with van der Waals surface area (Å²) in [7, 11) is 3.43. The van der Waals surface area contributed by atoms with Gasteiger partial charge in [-0.2, -0.15) is 0 Å². The van der Waals surface area contributed by atoms with Gasteiger partial charge in [-0.05, 0) is 42.7 Å². The molecule has 2 amide bonds. The number of carbonyl (C=O) groups is 2. The Morgan fingerprint density at radius 2 is 1.97 bits per heavy atom. The zero-order valence-electron chi connectivity index (χ0n) is 18.0. The van der Waals surface area contributed by atoms with Gasteiger partial charge in [0.25, 0.3) is 5.91 Å². The maximum absolute atomic E-state index is 13.0. The van der Waals surface area contributed by atoms with E-state index in [0.717, 1.165) is 55.2 Å². The van der Waals surface area contributed by atoms with Crippen LogP contribution < -0.4 is 0 Å². The lowest BCUT2D eigenvalue weighted by Crippen LogP contribution is -2.51. The van der Waals surface area contributed by atoms with Crippen LogP contribution in [-0.4, -0.2) is 68.8 Å². The number of likely N-dealkylation sites (tertiary alicyclic amines) is 1. The zero-order valence-corrected chi connectivity index (χ0v) is 18.0. The van der Waals surface area contributed by atoms with E-state index < -0.39 is 0 Å². The van der Waals surface area contributed by atoms with Gasteiger partial charge in [0.2, 0.25) is 5.91 Å². The fraction of sp³-hybridized carbons (Fsp3) is 0.478. The van der Waals surface area contributed by atoms with Crippen LogP contribution in [0, 0.1) is 5.41 Å². The minimum absolute atomic E-state index is 0.127. The first-order chi connectivity index (χ1) is 15.0. The second-order valence-corrected chi connectivity index (χ2v) is 9.12. The standard InChI is InChI=1S/C23H28N6O2/c1-27(2)22(31)19-15-29(26-25-19)20-7-8-23(20)9-11-28(12-10-23)21(30)13-16-14-24-18-6-4-3-5-17(16)18/h3-6,14-15,20,24H,7-13H2,1-2H3. The number of para-hydroxylation sites is 1. The van der Waals surface area contributed by atoms with E-state index in [1.165, 1.54) is 4.90 Å². The van der Waals surface area contributed by atoms with Crippen molar-refractivity contribution in [3.63, 3.8) is 0 Å². The van der Waals surface area contributed by atoms with Gasteiger partial charge in [0.15, 0.2) is 5.69 Å². The van der Waals surface area contributed by atoms with E-state index in [2.05, 4.69) is 21.4 Å². The molecule has 8 nitrogen and oxygen atoms in total. The molecule has 1 aliphatic heterocycles. The highest BCUT2D eigenvalue weighted by Gasteiger charge is 2.50. The summed E-state index contributed by atoms with van der Waals surface area (Å²) in [5, 5.41) is 9.46. The summed E-state index contributed by atoms with van der Waals surface area (Å²) >= 11 is 0. The highest BCUT2D eigenvalue weighted by molar-refractivity contribution is 5.91. The molecule has 3 aromatic rings. The Labute approximate surface area is 181 Å². The maximum Gasteiger partial charge on any atom is 0.275 e. The molecule has 1 saturated heterocycles. The van der Waals surface area contributed by atoms with Gasteiger partial charge in [-0.1, -0.05) is 23.4 Å². The molecular formula is C23H28N6O2. The molecule has 8 heteroatoms. The van der Waals surface area contributed by atoms with E-state index in [9.17, 15) is 9.59 Å². The van der Waals surface area contributed by atoms with Crippen molar-refractivity contribution in [1.29, 1.82) is 0 Å². The fourth-order valence-corrected chi connectivity index (χ4v) is 5.19. The summed E-state index contributed by atoms with van der Waals surface area (Å²) in [6.07, 6.45) is 8.28. The first-order valence-electron chi connectivity index (χ1n) is 10.9. The molecule has 1 saturated carbocycles. The number of H-pyrrole nitrogens is 1. The molecule has 1 spiro atoms. The van der Waals surface area contributed by atoms with Crippen LogP contribution >= 0.6 is 0 Å². The number of rotatable bonds is 4. The normalized spacial score (nSPS) is 20.1. The number of carbonyl (C=O) groups excluding carboxylic acids is 2. The van der Waals surface area contributed by atoms with Crippen molar-refractivity contribution < 1.29 is 9.59 Å². The number of hydrogen-bond acceptors (Lipinski definition) is 4. The van der Waals surface area contributed by atoms with Gasteiger partial charge in [0.1, 0.15) is 0 Å². The molecular weight excluding hydrogens is 392 g/mol. The quantitative estimate of drug-likeness (QED) is 0.703. The molecule has 162 valence electrons. The topological polar surface area (TPSA) is 87.1 Å². The number of amides is 2. The molecule has 1 aromatic carbocycles. The van der Waals surface area contributed by atoms with E-state index in [-0.39, 0.29) is 23.3 Å². The van der Waals surface area contributed by atoms with Gasteiger partial charge < -0.3 is 14.8 Å². The number of nitrogens with zero attached hydrogens (tertiary/aromatic N) is 5. The van der Waals surface area contributed by atoms with Gasteiger partial charge in [-0.15, -0.1) is 5.10 Å². The summed E-state index contributed by atoms with van der Waals surface area (Å²) in [5.74, 6) is 0.0624. The maximum atomic E-state index is 13.0. The van der Waals surface area contributed by atoms with Gasteiger partial charge in [-0.25, -0.2) is 4.68 Å². The molecule has 2 fully saturated rings. The summed E-state index contributed by atoms with van der Waals surface area (Å²) < 4.78 is 1.88. The molecule has 1 atom stereocenters. The Bertz CT molecular complexity index is 1120. The average Bonchev–Trinajstić information content (AvgIpc) is 3.40. The van der Waals surface area contributed by atoms with Crippen LogP contribution in [0.15, 0.2) is 36.7 Å². The molecule has 5 rings (SSSR count). The van der Waals surface area contributed by atoms with Crippen LogP contribution in [0.1, 0.15) is 47.8 Å². The Morgan fingerprint density at radius 3 is 2.68 bits per heavy atom. The minimum atomic E-state index is -0.127. The van der Waals surface area contributed by atoms with Crippen molar-refractivity contribution in [2.45, 2.75) is 38.1 Å². The number of nitrogens with one attached hydrogen (secondary N) is 1. The van der Waals surface area contributed by atoms with Crippen molar-refractivity contribution in [3.05, 3.63) is 47.9 Å². The molecule has 1 N–H and O–H groups in total. The SMILES string of the molecule is CN(C)C(=O)c1cn(C2CCC23CCN(C(=O)Cc2c[nH]c4ccccc24)CC3)nn1. The summed E-state index contributed by atoms with van der Waals surface area (Å²) in [6, 6.07) is 8.36. The van der Waals surface area contributed by atoms with E-state index >= 15 is 0 Å². The Balaban J connectivity index is 1.23. The van der Waals surface area contributed by atoms with Crippen molar-refractivity contribution >= 4 is 22.7 Å². The molecule has 2 aliphatic rings. The third-order valence-electron chi connectivity index (χ3n) is 7.21. The minimum Gasteiger partial charge on any atom is -0.361 e. The summed E-state index contributed by atoms with van der Waals surface area (Å²) in [4.78, 5) is 31.9. The van der Waals surface area contributed by atoms with Crippen molar-refractivity contribution in [2.24, 2.45) is 5.41 Å². The molecule has 1 aliphatic carbocycles. The molecule has 1 unspecified atom stereocenters. The van der Waals surface area contributed by atoms with Gasteiger partial charge >= 0.3 is 0 Å². The van der Waals surface area contributed by atoms with Crippen LogP contribution in [0.2, 0.25) is 0 Å². The summed E-state index contributed by atoms with van der Waals surface area (Å²) in [6.45, 7) is 1.55. The van der Waals surface area contributed by atoms with Crippen LogP contribution in [0.5, 0.6) is 0 Å². The number of benzene rings is 1. The monoisotopic (exact) mass is 420 g/mol. The molecule has 0 radical (unpaired) electrons. The number of hydrogen-bond donors (Lipinski definition) is 1. The number of piperidine rings is 1. The molecule has 31 heavy (non-hydrogen) atoms. The van der Waals surface area contributed by atoms with E-state index in [1.807, 2.05) is 34.0 Å². The second kappa shape index (κ2) is 7.51. The number of aromatic nitrogens is 4. The predicted octanol–water partition coefficient (Wildman–Crippen LogP) is 2.65. The largest absolute Gasteiger partial charge is 0.361 e. The lowest BCUT2D eigenvalue weighted by molar-refractivity contribution is -0.135. The smallest absolute Gasteiger partial charge is 0.275 e. The van der Waals surface area contributed by atoms with Crippen molar-refractivity contribution in [2.75, 3.05) is 27.2 Å². The molecule has 3 heterocycles. The first-order valence-corrected chi connectivity index (χ1v) is 10.9. The van der Waals surface area contributed by atoms with Gasteiger partial charge in [0.05, 0.1) is 18.7 Å². The molecule has 0 bridgehead atoms. The Kier molecular flexibility index (Phi) is 4.79. The second-order valence-electron chi connectivity index (χ2n) is 9.12. The van der Waals surface area contributed by atoms with Gasteiger partial charge in [0, 0.05) is 44.3 Å². The third-order valence-corrected chi connectivity index (χ3v) is 7.21. The highest BCUT2D eigenvalue weighted by atomic mass is 16.2. The highest BCUT2D eigenvalue weighted by Crippen LogP contribution is 2.56. The average molecular weight is 421 g/mol. The molecule has 2 aromatic heterocycles. The lowest BCUT2D eigenvalue weighted by atomic mass is 9.59.